The van der Waals surface area contributed by atoms with Crippen molar-refractivity contribution in [3.8, 4) is 0 Å². The van der Waals surface area contributed by atoms with Crippen molar-refractivity contribution in [3.05, 3.63) is 17.5 Å². The molecule has 0 aliphatic carbocycles. The third-order valence-electron chi connectivity index (χ3n) is 3.44. The molecule has 2 rings (SSSR count). The van der Waals surface area contributed by atoms with Crippen LogP contribution in [-0.4, -0.2) is 60.0 Å². The summed E-state index contributed by atoms with van der Waals surface area (Å²) in [5, 5.41) is 4.54. The van der Waals surface area contributed by atoms with Crippen LogP contribution in [0.2, 0.25) is 0 Å². The molecule has 19 heavy (non-hydrogen) atoms. The fraction of sp³-hybridized carbons (Fsp3) is 0.692. The van der Waals surface area contributed by atoms with Crippen LogP contribution in [-0.2, 0) is 17.8 Å². The summed E-state index contributed by atoms with van der Waals surface area (Å²) in [6.07, 6.45) is 2.08. The van der Waals surface area contributed by atoms with Gasteiger partial charge < -0.3 is 14.5 Å². The van der Waals surface area contributed by atoms with E-state index in [1.54, 1.807) is 26.1 Å². The Morgan fingerprint density at radius 1 is 1.58 bits per heavy atom. The quantitative estimate of drug-likeness (QED) is 0.824. The van der Waals surface area contributed by atoms with Gasteiger partial charge in [0.05, 0.1) is 18.8 Å². The van der Waals surface area contributed by atoms with E-state index in [9.17, 15) is 4.79 Å². The number of ether oxygens (including phenoxy) is 1. The molecular weight excluding hydrogens is 244 g/mol. The van der Waals surface area contributed by atoms with Crippen LogP contribution in [0.1, 0.15) is 24.1 Å². The third-order valence-corrected chi connectivity index (χ3v) is 3.44. The maximum Gasteiger partial charge on any atom is 0.319 e. The fourth-order valence-corrected chi connectivity index (χ4v) is 2.48. The lowest BCUT2D eigenvalue weighted by molar-refractivity contribution is 0.130. The Morgan fingerprint density at radius 2 is 2.32 bits per heavy atom. The number of aryl methyl sites for hydroxylation is 1. The molecule has 0 N–H and O–H groups in total. The summed E-state index contributed by atoms with van der Waals surface area (Å²) in [5.41, 5.74) is 2.21. The van der Waals surface area contributed by atoms with Crippen molar-refractivity contribution in [1.29, 1.82) is 0 Å². The number of urea groups is 1. The number of amides is 2. The van der Waals surface area contributed by atoms with E-state index in [1.807, 2.05) is 9.58 Å². The highest BCUT2D eigenvalue weighted by atomic mass is 16.5. The van der Waals surface area contributed by atoms with Gasteiger partial charge in [-0.25, -0.2) is 4.79 Å². The highest BCUT2D eigenvalue weighted by Gasteiger charge is 2.31. The lowest BCUT2D eigenvalue weighted by Crippen LogP contribution is -2.44. The first-order valence-electron chi connectivity index (χ1n) is 6.58. The van der Waals surface area contributed by atoms with Crippen molar-refractivity contribution in [2.75, 3.05) is 34.4 Å². The second-order valence-corrected chi connectivity index (χ2v) is 5.10. The van der Waals surface area contributed by atoms with E-state index in [-0.39, 0.29) is 11.9 Å². The Kier molecular flexibility index (Phi) is 4.09. The zero-order valence-corrected chi connectivity index (χ0v) is 12.1. The average molecular weight is 266 g/mol. The number of carbonyl (C=O) groups is 1. The molecule has 2 heterocycles. The SMILES string of the molecule is CCn1cc2c(n1)CN(C(=O)N(C)C)CC2COC. The fourth-order valence-electron chi connectivity index (χ4n) is 2.48. The van der Waals surface area contributed by atoms with E-state index in [1.165, 1.54) is 5.56 Å². The van der Waals surface area contributed by atoms with Crippen molar-refractivity contribution in [1.82, 2.24) is 19.6 Å². The zero-order chi connectivity index (χ0) is 14.0. The summed E-state index contributed by atoms with van der Waals surface area (Å²) in [6.45, 7) is 4.79. The number of nitrogens with zero attached hydrogens (tertiary/aromatic N) is 4. The molecule has 0 saturated carbocycles. The number of aromatic nitrogens is 2. The third kappa shape index (κ3) is 2.73. The summed E-state index contributed by atoms with van der Waals surface area (Å²) < 4.78 is 7.21. The first kappa shape index (κ1) is 13.9. The van der Waals surface area contributed by atoms with Crippen LogP contribution in [0.4, 0.5) is 4.79 Å². The minimum absolute atomic E-state index is 0.0257. The van der Waals surface area contributed by atoms with Crippen LogP contribution in [0.15, 0.2) is 6.20 Å². The van der Waals surface area contributed by atoms with Gasteiger partial charge in [0.2, 0.25) is 0 Å². The van der Waals surface area contributed by atoms with E-state index in [2.05, 4.69) is 18.2 Å². The van der Waals surface area contributed by atoms with Gasteiger partial charge in [-0.3, -0.25) is 4.68 Å². The second kappa shape index (κ2) is 5.61. The van der Waals surface area contributed by atoms with E-state index in [4.69, 9.17) is 4.74 Å². The van der Waals surface area contributed by atoms with Crippen LogP contribution in [0.5, 0.6) is 0 Å². The average Bonchev–Trinajstić information content (AvgIpc) is 2.81. The molecule has 6 heteroatoms. The Morgan fingerprint density at radius 3 is 2.89 bits per heavy atom. The van der Waals surface area contributed by atoms with Gasteiger partial charge in [-0.2, -0.15) is 5.10 Å². The summed E-state index contributed by atoms with van der Waals surface area (Å²) >= 11 is 0. The molecule has 1 unspecified atom stereocenters. The first-order chi connectivity index (χ1) is 9.06. The van der Waals surface area contributed by atoms with E-state index in [0.29, 0.717) is 19.7 Å². The molecular formula is C13H22N4O2. The van der Waals surface area contributed by atoms with Gasteiger partial charge in [-0.15, -0.1) is 0 Å². The molecule has 0 aromatic carbocycles. The number of hydrogen-bond acceptors (Lipinski definition) is 3. The maximum atomic E-state index is 12.1. The van der Waals surface area contributed by atoms with Gasteiger partial charge in [0.15, 0.2) is 0 Å². The molecule has 0 saturated heterocycles. The van der Waals surface area contributed by atoms with Gasteiger partial charge in [0.1, 0.15) is 0 Å². The minimum atomic E-state index is 0.0257. The van der Waals surface area contributed by atoms with Crippen molar-refractivity contribution in [2.24, 2.45) is 0 Å². The highest BCUT2D eigenvalue weighted by molar-refractivity contribution is 5.74. The predicted molar refractivity (Wildman–Crippen MR) is 72.0 cm³/mol. The van der Waals surface area contributed by atoms with E-state index in [0.717, 1.165) is 12.2 Å². The molecule has 1 atom stereocenters. The molecule has 1 aromatic heterocycles. The summed E-state index contributed by atoms with van der Waals surface area (Å²) in [6, 6.07) is 0.0257. The van der Waals surface area contributed by atoms with Gasteiger partial charge in [-0.05, 0) is 6.92 Å². The molecule has 0 bridgehead atoms. The summed E-state index contributed by atoms with van der Waals surface area (Å²) in [7, 11) is 5.23. The minimum Gasteiger partial charge on any atom is -0.384 e. The number of fused-ring (bicyclic) bond motifs is 1. The number of rotatable bonds is 3. The molecule has 1 aliphatic heterocycles. The van der Waals surface area contributed by atoms with Gasteiger partial charge in [-0.1, -0.05) is 0 Å². The molecule has 1 aromatic rings. The molecule has 0 fully saturated rings. The molecule has 0 radical (unpaired) electrons. The van der Waals surface area contributed by atoms with E-state index < -0.39 is 0 Å². The van der Waals surface area contributed by atoms with E-state index >= 15 is 0 Å². The Labute approximate surface area is 113 Å². The van der Waals surface area contributed by atoms with Gasteiger partial charge in [0, 0.05) is 52.0 Å². The van der Waals surface area contributed by atoms with Crippen LogP contribution in [0.25, 0.3) is 0 Å². The Bertz CT molecular complexity index is 455. The van der Waals surface area contributed by atoms with Crippen molar-refractivity contribution < 1.29 is 9.53 Å². The highest BCUT2D eigenvalue weighted by Crippen LogP contribution is 2.28. The molecule has 6 nitrogen and oxygen atoms in total. The smallest absolute Gasteiger partial charge is 0.319 e. The number of hydrogen-bond donors (Lipinski definition) is 0. The largest absolute Gasteiger partial charge is 0.384 e. The normalized spacial score (nSPS) is 18.3. The van der Waals surface area contributed by atoms with Crippen molar-refractivity contribution >= 4 is 6.03 Å². The molecule has 106 valence electrons. The number of carbonyl (C=O) groups excluding carboxylic acids is 1. The van der Waals surface area contributed by atoms with Crippen LogP contribution in [0.3, 0.4) is 0 Å². The number of methoxy groups -OCH3 is 1. The maximum absolute atomic E-state index is 12.1. The Balaban J connectivity index is 2.26. The second-order valence-electron chi connectivity index (χ2n) is 5.10. The van der Waals surface area contributed by atoms with Gasteiger partial charge in [0.25, 0.3) is 0 Å². The zero-order valence-electron chi connectivity index (χ0n) is 12.1. The molecule has 0 spiro atoms. The standard InChI is InChI=1S/C13H22N4O2/c1-5-17-7-11-10(9-19-4)6-16(8-12(11)14-17)13(18)15(2)3/h7,10H,5-6,8-9H2,1-4H3. The summed E-state index contributed by atoms with van der Waals surface area (Å²) in [5.74, 6) is 0.206. The molecule has 2 amide bonds. The van der Waals surface area contributed by atoms with Crippen LogP contribution < -0.4 is 0 Å². The molecule has 1 aliphatic rings. The lowest BCUT2D eigenvalue weighted by Gasteiger charge is -2.33. The van der Waals surface area contributed by atoms with Crippen LogP contribution >= 0.6 is 0 Å². The van der Waals surface area contributed by atoms with Crippen LogP contribution in [0, 0.1) is 0 Å². The lowest BCUT2D eigenvalue weighted by atomic mass is 9.96. The van der Waals surface area contributed by atoms with Crippen molar-refractivity contribution in [2.45, 2.75) is 25.9 Å². The van der Waals surface area contributed by atoms with Crippen molar-refractivity contribution in [3.63, 3.8) is 0 Å². The first-order valence-corrected chi connectivity index (χ1v) is 6.58. The predicted octanol–water partition coefficient (Wildman–Crippen LogP) is 1.13. The topological polar surface area (TPSA) is 50.6 Å². The monoisotopic (exact) mass is 266 g/mol. The Hall–Kier alpha value is -1.56. The summed E-state index contributed by atoms with van der Waals surface area (Å²) in [4.78, 5) is 15.5. The van der Waals surface area contributed by atoms with Gasteiger partial charge >= 0.3 is 6.03 Å².